The molecule has 1 amide bonds. The highest BCUT2D eigenvalue weighted by Gasteiger charge is 2.19. The Morgan fingerprint density at radius 2 is 1.83 bits per heavy atom. The van der Waals surface area contributed by atoms with E-state index in [1.807, 2.05) is 30.3 Å². The van der Waals surface area contributed by atoms with Gasteiger partial charge in [0, 0.05) is 13.7 Å². The van der Waals surface area contributed by atoms with Gasteiger partial charge in [0.25, 0.3) is 0 Å². The van der Waals surface area contributed by atoms with E-state index >= 15 is 0 Å². The summed E-state index contributed by atoms with van der Waals surface area (Å²) in [6.45, 7) is 0.264. The zero-order valence-electron chi connectivity index (χ0n) is 13.4. The van der Waals surface area contributed by atoms with Gasteiger partial charge in [0.05, 0.1) is 18.6 Å². The van der Waals surface area contributed by atoms with Gasteiger partial charge in [-0.25, -0.2) is 4.39 Å². The first-order valence-corrected chi connectivity index (χ1v) is 7.46. The summed E-state index contributed by atoms with van der Waals surface area (Å²) in [4.78, 5) is 12.3. The third kappa shape index (κ3) is 5.60. The average molecular weight is 353 g/mol. The number of nitrogens with one attached hydrogen (secondary N) is 1. The summed E-state index contributed by atoms with van der Waals surface area (Å²) in [5.41, 5.74) is 7.12. The van der Waals surface area contributed by atoms with Gasteiger partial charge in [-0.05, 0) is 23.3 Å². The average Bonchev–Trinajstić information content (AvgIpc) is 2.58. The maximum absolute atomic E-state index is 13.6. The Morgan fingerprint density at radius 3 is 2.42 bits per heavy atom. The smallest absolute Gasteiger partial charge is 0.223 e. The van der Waals surface area contributed by atoms with Crippen molar-refractivity contribution in [2.45, 2.75) is 18.6 Å². The molecular weight excluding hydrogens is 331 g/mol. The lowest BCUT2D eigenvalue weighted by atomic mass is 9.98. The molecule has 2 aromatic carbocycles. The molecule has 2 aromatic rings. The van der Waals surface area contributed by atoms with Crippen molar-refractivity contribution in [1.29, 1.82) is 0 Å². The molecule has 2 atom stereocenters. The van der Waals surface area contributed by atoms with Gasteiger partial charge < -0.3 is 15.8 Å². The molecule has 3 N–H and O–H groups in total. The van der Waals surface area contributed by atoms with Gasteiger partial charge in [-0.2, -0.15) is 0 Å². The van der Waals surface area contributed by atoms with Crippen LogP contribution in [0.25, 0.3) is 0 Å². The molecule has 0 spiro atoms. The predicted molar refractivity (Wildman–Crippen MR) is 94.5 cm³/mol. The second kappa shape index (κ2) is 10.0. The molecule has 0 radical (unpaired) electrons. The van der Waals surface area contributed by atoms with Crippen LogP contribution in [0.1, 0.15) is 23.6 Å². The first-order chi connectivity index (χ1) is 11.1. The van der Waals surface area contributed by atoms with Gasteiger partial charge in [-0.15, -0.1) is 12.4 Å². The molecule has 4 nitrogen and oxygen atoms in total. The summed E-state index contributed by atoms with van der Waals surface area (Å²) in [7, 11) is 1.52. The van der Waals surface area contributed by atoms with Crippen molar-refractivity contribution in [3.8, 4) is 0 Å². The van der Waals surface area contributed by atoms with Crippen LogP contribution < -0.4 is 11.1 Å². The molecular formula is C18H22ClFN2O2. The maximum Gasteiger partial charge on any atom is 0.223 e. The molecule has 0 bridgehead atoms. The van der Waals surface area contributed by atoms with E-state index in [4.69, 9.17) is 10.5 Å². The fraction of sp³-hybridized carbons (Fsp3) is 0.278. The van der Waals surface area contributed by atoms with Crippen LogP contribution in [0.15, 0.2) is 54.6 Å². The van der Waals surface area contributed by atoms with Crippen molar-refractivity contribution in [3.05, 3.63) is 71.5 Å². The van der Waals surface area contributed by atoms with Gasteiger partial charge in [-0.3, -0.25) is 4.79 Å². The van der Waals surface area contributed by atoms with Crippen molar-refractivity contribution in [3.63, 3.8) is 0 Å². The molecule has 0 aromatic heterocycles. The number of hydrogen-bond donors (Lipinski definition) is 2. The van der Waals surface area contributed by atoms with E-state index in [2.05, 4.69) is 5.32 Å². The predicted octanol–water partition coefficient (Wildman–Crippen LogP) is 2.82. The molecule has 24 heavy (non-hydrogen) atoms. The lowest BCUT2D eigenvalue weighted by Crippen LogP contribution is -2.34. The van der Waals surface area contributed by atoms with Gasteiger partial charge in [0.2, 0.25) is 5.91 Å². The fourth-order valence-corrected chi connectivity index (χ4v) is 2.38. The minimum atomic E-state index is -0.422. The Morgan fingerprint density at radius 1 is 1.17 bits per heavy atom. The standard InChI is InChI=1S/C18H21FN2O2.ClH/c1-23-16(12-20)11-17(22)21-18(13-6-3-2-4-7-13)14-8-5-9-15(19)10-14;/h2-10,16,18H,11-12,20H2,1H3,(H,21,22);1H. The minimum Gasteiger partial charge on any atom is -0.380 e. The molecule has 0 aliphatic carbocycles. The number of amides is 1. The summed E-state index contributed by atoms with van der Waals surface area (Å²) in [5, 5.41) is 2.93. The highest BCUT2D eigenvalue weighted by Crippen LogP contribution is 2.22. The highest BCUT2D eigenvalue weighted by atomic mass is 35.5. The Balaban J connectivity index is 0.00000288. The monoisotopic (exact) mass is 352 g/mol. The molecule has 2 rings (SSSR count). The number of carbonyl (C=O) groups excluding carboxylic acids is 1. The molecule has 0 fully saturated rings. The molecule has 130 valence electrons. The number of rotatable bonds is 7. The van der Waals surface area contributed by atoms with E-state index in [0.717, 1.165) is 5.56 Å². The SMILES string of the molecule is COC(CN)CC(=O)NC(c1ccccc1)c1cccc(F)c1.Cl. The van der Waals surface area contributed by atoms with Crippen LogP contribution in [0.4, 0.5) is 4.39 Å². The topological polar surface area (TPSA) is 64.3 Å². The Kier molecular flexibility index (Phi) is 8.40. The first-order valence-electron chi connectivity index (χ1n) is 7.46. The summed E-state index contributed by atoms with van der Waals surface area (Å²) in [6.07, 6.45) is -0.176. The molecule has 0 saturated heterocycles. The zero-order chi connectivity index (χ0) is 16.7. The van der Waals surface area contributed by atoms with Crippen LogP contribution in [0, 0.1) is 5.82 Å². The van der Waals surface area contributed by atoms with Gasteiger partial charge in [0.1, 0.15) is 5.82 Å². The van der Waals surface area contributed by atoms with Crippen molar-refractivity contribution in [1.82, 2.24) is 5.32 Å². The number of benzene rings is 2. The molecule has 2 unspecified atom stereocenters. The molecule has 0 heterocycles. The van der Waals surface area contributed by atoms with E-state index < -0.39 is 6.04 Å². The highest BCUT2D eigenvalue weighted by molar-refractivity contribution is 5.85. The summed E-state index contributed by atoms with van der Waals surface area (Å²) < 4.78 is 18.7. The van der Waals surface area contributed by atoms with E-state index in [1.54, 1.807) is 12.1 Å². The number of methoxy groups -OCH3 is 1. The van der Waals surface area contributed by atoms with Crippen LogP contribution in [0.3, 0.4) is 0 Å². The van der Waals surface area contributed by atoms with Crippen LogP contribution in [-0.2, 0) is 9.53 Å². The van der Waals surface area contributed by atoms with Gasteiger partial charge in [0.15, 0.2) is 0 Å². The third-order valence-corrected chi connectivity index (χ3v) is 3.63. The molecule has 0 aliphatic heterocycles. The zero-order valence-corrected chi connectivity index (χ0v) is 14.3. The lowest BCUT2D eigenvalue weighted by Gasteiger charge is -2.21. The van der Waals surface area contributed by atoms with E-state index in [9.17, 15) is 9.18 Å². The van der Waals surface area contributed by atoms with Gasteiger partial charge >= 0.3 is 0 Å². The minimum absolute atomic E-state index is 0. The Bertz CT molecular complexity index is 636. The van der Waals surface area contributed by atoms with E-state index in [-0.39, 0.29) is 43.2 Å². The summed E-state index contributed by atoms with van der Waals surface area (Å²) >= 11 is 0. The van der Waals surface area contributed by atoms with Crippen molar-refractivity contribution in [2.24, 2.45) is 5.73 Å². The fourth-order valence-electron chi connectivity index (χ4n) is 2.38. The third-order valence-electron chi connectivity index (χ3n) is 3.63. The van der Waals surface area contributed by atoms with Crippen molar-refractivity contribution in [2.75, 3.05) is 13.7 Å². The Labute approximate surface area is 147 Å². The molecule has 6 heteroatoms. The normalized spacial score (nSPS) is 12.8. The van der Waals surface area contributed by atoms with Crippen LogP contribution >= 0.6 is 12.4 Å². The first kappa shape index (κ1) is 20.1. The Hall–Kier alpha value is -1.95. The largest absolute Gasteiger partial charge is 0.380 e. The number of hydrogen-bond acceptors (Lipinski definition) is 3. The summed E-state index contributed by atoms with van der Waals surface area (Å²) in [6, 6.07) is 15.2. The number of nitrogens with two attached hydrogens (primary N) is 1. The molecule has 0 aliphatic rings. The quantitative estimate of drug-likeness (QED) is 0.805. The van der Waals surface area contributed by atoms with Crippen LogP contribution in [0.5, 0.6) is 0 Å². The van der Waals surface area contributed by atoms with Gasteiger partial charge in [-0.1, -0.05) is 42.5 Å². The number of halogens is 2. The maximum atomic E-state index is 13.6. The second-order valence-electron chi connectivity index (χ2n) is 5.26. The van der Waals surface area contributed by atoms with Crippen LogP contribution in [-0.4, -0.2) is 25.7 Å². The number of ether oxygens (including phenoxy) is 1. The lowest BCUT2D eigenvalue weighted by molar-refractivity contribution is -0.123. The van der Waals surface area contributed by atoms with Crippen molar-refractivity contribution >= 4 is 18.3 Å². The summed E-state index contributed by atoms with van der Waals surface area (Å²) in [5.74, 6) is -0.533. The van der Waals surface area contributed by atoms with Crippen LogP contribution in [0.2, 0.25) is 0 Å². The molecule has 0 saturated carbocycles. The van der Waals surface area contributed by atoms with E-state index in [0.29, 0.717) is 5.56 Å². The van der Waals surface area contributed by atoms with E-state index in [1.165, 1.54) is 19.2 Å². The van der Waals surface area contributed by atoms with Crippen molar-refractivity contribution < 1.29 is 13.9 Å². The number of carbonyl (C=O) groups is 1. The second-order valence-corrected chi connectivity index (χ2v) is 5.26.